The van der Waals surface area contributed by atoms with Crippen LogP contribution in [0.1, 0.15) is 6.42 Å². The van der Waals surface area contributed by atoms with Gasteiger partial charge in [0, 0.05) is 0 Å². The fourth-order valence-electron chi connectivity index (χ4n) is 0.733. The Kier molecular flexibility index (Phi) is 6.89. The maximum Gasteiger partial charge on any atom is 0.326 e. The highest BCUT2D eigenvalue weighted by Gasteiger charge is 2.18. The molecule has 0 aromatic carbocycles. The van der Waals surface area contributed by atoms with Gasteiger partial charge in [-0.3, -0.25) is 4.79 Å². The predicted octanol–water partition coefficient (Wildman–Crippen LogP) is 0.239. The molecule has 0 aliphatic carbocycles. The van der Waals surface area contributed by atoms with E-state index in [1.54, 1.807) is 11.8 Å². The average Bonchev–Trinajstić information content (AvgIpc) is 2.11. The molecule has 0 aliphatic heterocycles. The summed E-state index contributed by atoms with van der Waals surface area (Å²) >= 11 is 5.29. The summed E-state index contributed by atoms with van der Waals surface area (Å²) in [6, 6.07) is -0.785. The monoisotopic (exact) mass is 223 g/mol. The Morgan fingerprint density at radius 3 is 2.62 bits per heavy atom. The van der Waals surface area contributed by atoms with Crippen LogP contribution in [0.3, 0.4) is 0 Å². The van der Waals surface area contributed by atoms with Crippen molar-refractivity contribution in [2.75, 3.05) is 17.8 Å². The lowest BCUT2D eigenvalue weighted by molar-refractivity contribution is -0.141. The molecule has 0 saturated carbocycles. The Hall–Kier alpha value is -0.360. The molecule has 0 aromatic rings. The van der Waals surface area contributed by atoms with Gasteiger partial charge in [-0.2, -0.15) is 24.4 Å². The number of hydrogen-bond acceptors (Lipinski definition) is 4. The van der Waals surface area contributed by atoms with Gasteiger partial charge >= 0.3 is 5.97 Å². The van der Waals surface area contributed by atoms with E-state index in [4.69, 9.17) is 5.11 Å². The van der Waals surface area contributed by atoms with Crippen LogP contribution in [0.15, 0.2) is 0 Å². The van der Waals surface area contributed by atoms with Crippen molar-refractivity contribution in [3.05, 3.63) is 0 Å². The van der Waals surface area contributed by atoms with E-state index in [1.807, 2.05) is 6.26 Å². The zero-order valence-corrected chi connectivity index (χ0v) is 9.03. The van der Waals surface area contributed by atoms with E-state index in [1.165, 1.54) is 0 Å². The zero-order valence-electron chi connectivity index (χ0n) is 7.32. The first-order valence-electron chi connectivity index (χ1n) is 3.73. The van der Waals surface area contributed by atoms with Crippen molar-refractivity contribution in [2.45, 2.75) is 12.5 Å². The first kappa shape index (κ1) is 12.6. The molecule has 0 aliphatic rings. The van der Waals surface area contributed by atoms with Crippen LogP contribution < -0.4 is 5.32 Å². The van der Waals surface area contributed by atoms with Crippen molar-refractivity contribution < 1.29 is 14.7 Å². The van der Waals surface area contributed by atoms with E-state index in [0.29, 0.717) is 12.2 Å². The molecule has 0 radical (unpaired) electrons. The number of carbonyl (C=O) groups is 2. The van der Waals surface area contributed by atoms with Gasteiger partial charge in [-0.05, 0) is 18.4 Å². The third-order valence-electron chi connectivity index (χ3n) is 1.39. The lowest BCUT2D eigenvalue weighted by atomic mass is 10.2. The second-order valence-electron chi connectivity index (χ2n) is 2.40. The molecule has 1 unspecified atom stereocenters. The molecule has 76 valence electrons. The fraction of sp³-hybridized carbons (Fsp3) is 0.714. The number of thioether (sulfide) groups is 1. The Bertz CT molecular complexity index is 187. The Morgan fingerprint density at radius 1 is 1.62 bits per heavy atom. The van der Waals surface area contributed by atoms with E-state index in [-0.39, 0.29) is 11.7 Å². The molecule has 13 heavy (non-hydrogen) atoms. The van der Waals surface area contributed by atoms with Crippen LogP contribution in [0.5, 0.6) is 0 Å². The molecular formula is C7H13NO3S2. The highest BCUT2D eigenvalue weighted by Crippen LogP contribution is 2.00. The minimum atomic E-state index is -0.996. The van der Waals surface area contributed by atoms with E-state index >= 15 is 0 Å². The molecule has 4 nitrogen and oxygen atoms in total. The van der Waals surface area contributed by atoms with Crippen LogP contribution >= 0.6 is 24.4 Å². The van der Waals surface area contributed by atoms with Crippen LogP contribution in [0.25, 0.3) is 0 Å². The molecule has 0 rings (SSSR count). The molecule has 1 atom stereocenters. The number of aliphatic carboxylic acids is 1. The Balaban J connectivity index is 3.94. The Morgan fingerprint density at radius 2 is 2.23 bits per heavy atom. The van der Waals surface area contributed by atoms with Gasteiger partial charge in [0.05, 0.1) is 5.75 Å². The molecule has 0 fully saturated rings. The number of rotatable bonds is 6. The molecular weight excluding hydrogens is 210 g/mol. The first-order chi connectivity index (χ1) is 6.11. The van der Waals surface area contributed by atoms with Crippen LogP contribution in [0, 0.1) is 0 Å². The lowest BCUT2D eigenvalue weighted by Crippen LogP contribution is -2.41. The smallest absolute Gasteiger partial charge is 0.326 e. The molecule has 0 saturated heterocycles. The molecule has 1 amide bonds. The number of amides is 1. The molecule has 0 spiro atoms. The predicted molar refractivity (Wildman–Crippen MR) is 56.4 cm³/mol. The molecule has 2 N–H and O–H groups in total. The molecule has 0 bridgehead atoms. The third kappa shape index (κ3) is 5.81. The highest BCUT2D eigenvalue weighted by molar-refractivity contribution is 7.98. The Labute approximate surface area is 86.9 Å². The second-order valence-corrected chi connectivity index (χ2v) is 3.70. The zero-order chi connectivity index (χ0) is 10.3. The topological polar surface area (TPSA) is 66.4 Å². The van der Waals surface area contributed by atoms with Gasteiger partial charge in [-0.15, -0.1) is 0 Å². The number of thiol groups is 1. The highest BCUT2D eigenvalue weighted by atomic mass is 32.2. The van der Waals surface area contributed by atoms with Crippen molar-refractivity contribution in [3.8, 4) is 0 Å². The van der Waals surface area contributed by atoms with Crippen LogP contribution in [0.4, 0.5) is 0 Å². The maximum absolute atomic E-state index is 10.8. The quantitative estimate of drug-likeness (QED) is 0.564. The largest absolute Gasteiger partial charge is 0.480 e. The van der Waals surface area contributed by atoms with Crippen molar-refractivity contribution in [1.29, 1.82) is 0 Å². The summed E-state index contributed by atoms with van der Waals surface area (Å²) in [6.07, 6.45) is 2.33. The summed E-state index contributed by atoms with van der Waals surface area (Å²) in [5.74, 6) is -0.617. The van der Waals surface area contributed by atoms with Crippen LogP contribution in [-0.2, 0) is 9.59 Å². The number of carboxylic acids is 1. The van der Waals surface area contributed by atoms with E-state index < -0.39 is 12.0 Å². The lowest BCUT2D eigenvalue weighted by Gasteiger charge is -2.12. The average molecular weight is 223 g/mol. The number of carbonyl (C=O) groups excluding carboxylic acids is 1. The van der Waals surface area contributed by atoms with E-state index in [2.05, 4.69) is 17.9 Å². The number of carboxylic acid groups (broad SMARTS) is 1. The van der Waals surface area contributed by atoms with Gasteiger partial charge in [0.25, 0.3) is 0 Å². The number of nitrogens with one attached hydrogen (secondary N) is 1. The van der Waals surface area contributed by atoms with Crippen LogP contribution in [-0.4, -0.2) is 40.8 Å². The summed E-state index contributed by atoms with van der Waals surface area (Å²) in [7, 11) is 0. The van der Waals surface area contributed by atoms with Crippen molar-refractivity contribution in [3.63, 3.8) is 0 Å². The van der Waals surface area contributed by atoms with Crippen molar-refractivity contribution in [2.24, 2.45) is 0 Å². The van der Waals surface area contributed by atoms with E-state index in [9.17, 15) is 9.59 Å². The van der Waals surface area contributed by atoms with Gasteiger partial charge in [0.15, 0.2) is 0 Å². The normalized spacial score (nSPS) is 12.2. The summed E-state index contributed by atoms with van der Waals surface area (Å²) < 4.78 is 0. The van der Waals surface area contributed by atoms with Crippen molar-refractivity contribution >= 4 is 36.3 Å². The molecule has 0 heterocycles. The van der Waals surface area contributed by atoms with Gasteiger partial charge in [0.2, 0.25) is 5.91 Å². The fourth-order valence-corrected chi connectivity index (χ4v) is 1.30. The first-order valence-corrected chi connectivity index (χ1v) is 5.76. The van der Waals surface area contributed by atoms with Gasteiger partial charge < -0.3 is 10.4 Å². The SMILES string of the molecule is CSCCC(NC(=O)CS)C(=O)O. The molecule has 0 aromatic heterocycles. The van der Waals surface area contributed by atoms with E-state index in [0.717, 1.165) is 0 Å². The molecule has 6 heteroatoms. The summed E-state index contributed by atoms with van der Waals surface area (Å²) in [5, 5.41) is 11.1. The van der Waals surface area contributed by atoms with Gasteiger partial charge in [-0.1, -0.05) is 0 Å². The summed E-state index contributed by atoms with van der Waals surface area (Å²) in [5.41, 5.74) is 0. The number of hydrogen-bond donors (Lipinski definition) is 3. The van der Waals surface area contributed by atoms with Gasteiger partial charge in [-0.25, -0.2) is 4.79 Å². The minimum absolute atomic E-state index is 0.0169. The van der Waals surface area contributed by atoms with Crippen LogP contribution in [0.2, 0.25) is 0 Å². The van der Waals surface area contributed by atoms with Crippen molar-refractivity contribution in [1.82, 2.24) is 5.32 Å². The maximum atomic E-state index is 10.8. The van der Waals surface area contributed by atoms with Gasteiger partial charge in [0.1, 0.15) is 6.04 Å². The third-order valence-corrected chi connectivity index (χ3v) is 2.32. The standard InChI is InChI=1S/C7H13NO3S2/c1-13-3-2-5(7(10)11)8-6(9)4-12/h5,12H,2-4H2,1H3,(H,8,9)(H,10,11). The minimum Gasteiger partial charge on any atom is -0.480 e. The second kappa shape index (κ2) is 7.08. The summed E-state index contributed by atoms with van der Waals surface area (Å²) in [6.45, 7) is 0. The summed E-state index contributed by atoms with van der Waals surface area (Å²) in [4.78, 5) is 21.4.